The predicted molar refractivity (Wildman–Crippen MR) is 107 cm³/mol. The Balaban J connectivity index is 0.00000104. The van der Waals surface area contributed by atoms with Crippen molar-refractivity contribution < 1.29 is 4.52 Å². The van der Waals surface area contributed by atoms with Crippen LogP contribution in [0.25, 0.3) is 6.08 Å². The minimum atomic E-state index is 0.0216. The van der Waals surface area contributed by atoms with E-state index in [1.807, 2.05) is 52.8 Å². The minimum Gasteiger partial charge on any atom is -0.405 e. The molecule has 1 aromatic heterocycles. The van der Waals surface area contributed by atoms with Crippen molar-refractivity contribution in [2.24, 2.45) is 5.73 Å². The van der Waals surface area contributed by atoms with Crippen LogP contribution in [0, 0.1) is 0 Å². The molecule has 5 nitrogen and oxygen atoms in total. The van der Waals surface area contributed by atoms with Gasteiger partial charge in [-0.15, -0.1) is 0 Å². The second-order valence-corrected chi connectivity index (χ2v) is 5.74. The summed E-state index contributed by atoms with van der Waals surface area (Å²) in [5.74, 6) is 1.61. The first-order valence-electron chi connectivity index (χ1n) is 8.28. The molecular formula is C19H29ClN4O. The third kappa shape index (κ3) is 7.90. The summed E-state index contributed by atoms with van der Waals surface area (Å²) in [5.41, 5.74) is 12.1. The maximum Gasteiger partial charge on any atom is 0.233 e. The third-order valence-corrected chi connectivity index (χ3v) is 3.21. The van der Waals surface area contributed by atoms with E-state index in [0.717, 1.165) is 11.4 Å². The average molecular weight is 365 g/mol. The summed E-state index contributed by atoms with van der Waals surface area (Å²) in [6, 6.07) is 5.38. The number of benzene rings is 1. The summed E-state index contributed by atoms with van der Waals surface area (Å²) in [6.07, 6.45) is 5.14. The molecule has 0 aliphatic heterocycles. The second-order valence-electron chi connectivity index (χ2n) is 5.30. The Kier molecular flexibility index (Phi) is 11.0. The van der Waals surface area contributed by atoms with Gasteiger partial charge < -0.3 is 16.0 Å². The van der Waals surface area contributed by atoms with Gasteiger partial charge in [0.15, 0.2) is 5.82 Å². The lowest BCUT2D eigenvalue weighted by atomic mass is 10.1. The molecule has 1 heterocycles. The Morgan fingerprint density at radius 3 is 2.36 bits per heavy atom. The Hall–Kier alpha value is -2.27. The number of nitrogen functional groups attached to an aromatic ring is 1. The van der Waals surface area contributed by atoms with Crippen LogP contribution >= 0.6 is 11.6 Å². The first-order chi connectivity index (χ1) is 11.9. The first kappa shape index (κ1) is 22.7. The molecule has 0 bridgehead atoms. The van der Waals surface area contributed by atoms with Gasteiger partial charge in [-0.05, 0) is 30.0 Å². The number of anilines is 1. The smallest absolute Gasteiger partial charge is 0.233 e. The number of halogens is 1. The summed E-state index contributed by atoms with van der Waals surface area (Å²) in [6.45, 7) is 13.2. The molecular weight excluding hydrogens is 336 g/mol. The highest BCUT2D eigenvalue weighted by molar-refractivity contribution is 6.30. The van der Waals surface area contributed by atoms with Crippen LogP contribution in [0.1, 0.15) is 63.7 Å². The molecule has 6 heteroatoms. The highest BCUT2D eigenvalue weighted by atomic mass is 35.5. The quantitative estimate of drug-likeness (QED) is 0.712. The van der Waals surface area contributed by atoms with Gasteiger partial charge in [-0.25, -0.2) is 0 Å². The standard InChI is InChI=1S/C15H18ClN3O.C2H5N.C2H6/c1-9(2)14-18-15(20-19-14)10(3)4-5-11-8-12(16)6-7-13(11)17;1-2-3;1-2/h4-10H,17H2,1-3H3;2H,1,3H2;1-2H3/b5-4+;;. The maximum atomic E-state index is 5.96. The normalized spacial score (nSPS) is 11.3. The van der Waals surface area contributed by atoms with Gasteiger partial charge in [-0.1, -0.05) is 70.1 Å². The molecule has 1 aromatic carbocycles. The largest absolute Gasteiger partial charge is 0.405 e. The van der Waals surface area contributed by atoms with Crippen molar-refractivity contribution in [3.8, 4) is 0 Å². The molecule has 25 heavy (non-hydrogen) atoms. The van der Waals surface area contributed by atoms with Gasteiger partial charge in [-0.2, -0.15) is 4.98 Å². The lowest BCUT2D eigenvalue weighted by Gasteiger charge is -2.02. The van der Waals surface area contributed by atoms with Crippen LogP contribution in [0.5, 0.6) is 0 Å². The van der Waals surface area contributed by atoms with Gasteiger partial charge in [0, 0.05) is 16.6 Å². The van der Waals surface area contributed by atoms with E-state index in [4.69, 9.17) is 21.9 Å². The zero-order chi connectivity index (χ0) is 19.4. The number of hydrogen-bond donors (Lipinski definition) is 2. The Labute approximate surface area is 155 Å². The summed E-state index contributed by atoms with van der Waals surface area (Å²) < 4.78 is 5.26. The van der Waals surface area contributed by atoms with Crippen molar-refractivity contribution in [3.05, 3.63) is 59.4 Å². The van der Waals surface area contributed by atoms with E-state index in [-0.39, 0.29) is 11.8 Å². The third-order valence-electron chi connectivity index (χ3n) is 2.98. The van der Waals surface area contributed by atoms with E-state index >= 15 is 0 Å². The van der Waals surface area contributed by atoms with Crippen LogP contribution in [-0.2, 0) is 0 Å². The molecule has 4 N–H and O–H groups in total. The minimum absolute atomic E-state index is 0.0216. The number of hydrogen-bond acceptors (Lipinski definition) is 5. The van der Waals surface area contributed by atoms with E-state index in [1.165, 1.54) is 6.20 Å². The van der Waals surface area contributed by atoms with Gasteiger partial charge in [0.25, 0.3) is 0 Å². The van der Waals surface area contributed by atoms with Crippen LogP contribution in [0.15, 0.2) is 41.6 Å². The van der Waals surface area contributed by atoms with E-state index in [9.17, 15) is 0 Å². The van der Waals surface area contributed by atoms with Crippen molar-refractivity contribution in [3.63, 3.8) is 0 Å². The fraction of sp³-hybridized carbons (Fsp3) is 0.368. The first-order valence-corrected chi connectivity index (χ1v) is 8.66. The molecule has 0 amide bonds. The molecule has 1 atom stereocenters. The molecule has 0 radical (unpaired) electrons. The fourth-order valence-electron chi connectivity index (χ4n) is 1.69. The molecule has 2 aromatic rings. The summed E-state index contributed by atoms with van der Waals surface area (Å²) in [7, 11) is 0. The monoisotopic (exact) mass is 364 g/mol. The molecule has 1 unspecified atom stereocenters. The Bertz CT molecular complexity index is 665. The fourth-order valence-corrected chi connectivity index (χ4v) is 1.87. The lowest BCUT2D eigenvalue weighted by molar-refractivity contribution is 0.366. The highest BCUT2D eigenvalue weighted by Crippen LogP contribution is 2.22. The van der Waals surface area contributed by atoms with Gasteiger partial charge in [0.05, 0.1) is 5.92 Å². The van der Waals surface area contributed by atoms with Crippen molar-refractivity contribution in [1.29, 1.82) is 0 Å². The molecule has 0 aliphatic rings. The zero-order valence-electron chi connectivity index (χ0n) is 15.7. The van der Waals surface area contributed by atoms with Crippen molar-refractivity contribution in [2.45, 2.75) is 46.5 Å². The number of aromatic nitrogens is 2. The topological polar surface area (TPSA) is 91.0 Å². The van der Waals surface area contributed by atoms with Gasteiger partial charge in [0.1, 0.15) is 0 Å². The van der Waals surface area contributed by atoms with E-state index in [0.29, 0.717) is 16.6 Å². The SMILES string of the molecule is C=CN.CC.CC(C)c1noc(C(C)/C=C/c2cc(Cl)ccc2N)n1. The number of allylic oxidation sites excluding steroid dienone is 1. The van der Waals surface area contributed by atoms with E-state index < -0.39 is 0 Å². The van der Waals surface area contributed by atoms with Crippen LogP contribution in [0.3, 0.4) is 0 Å². The van der Waals surface area contributed by atoms with Crippen molar-refractivity contribution in [1.82, 2.24) is 10.1 Å². The van der Waals surface area contributed by atoms with Crippen LogP contribution in [0.2, 0.25) is 5.02 Å². The average Bonchev–Trinajstić information content (AvgIpc) is 3.08. The van der Waals surface area contributed by atoms with Crippen molar-refractivity contribution >= 4 is 23.4 Å². The van der Waals surface area contributed by atoms with Gasteiger partial charge in [0.2, 0.25) is 5.89 Å². The number of rotatable bonds is 4. The number of nitrogens with zero attached hydrogens (tertiary/aromatic N) is 2. The van der Waals surface area contributed by atoms with Gasteiger partial charge >= 0.3 is 0 Å². The van der Waals surface area contributed by atoms with E-state index in [1.54, 1.807) is 12.1 Å². The molecule has 0 fully saturated rings. The summed E-state index contributed by atoms with van der Waals surface area (Å²) in [4.78, 5) is 4.38. The molecule has 0 spiro atoms. The molecule has 0 saturated heterocycles. The van der Waals surface area contributed by atoms with Crippen LogP contribution in [0.4, 0.5) is 5.69 Å². The maximum absolute atomic E-state index is 5.96. The number of nitrogens with two attached hydrogens (primary N) is 2. The second kappa shape index (κ2) is 12.1. The lowest BCUT2D eigenvalue weighted by Crippen LogP contribution is -1.93. The summed E-state index contributed by atoms with van der Waals surface area (Å²) in [5, 5.41) is 4.62. The van der Waals surface area contributed by atoms with Gasteiger partial charge in [-0.3, -0.25) is 0 Å². The van der Waals surface area contributed by atoms with E-state index in [2.05, 4.69) is 22.5 Å². The predicted octanol–water partition coefficient (Wildman–Crippen LogP) is 5.36. The zero-order valence-corrected chi connectivity index (χ0v) is 16.4. The van der Waals surface area contributed by atoms with Crippen LogP contribution in [-0.4, -0.2) is 10.1 Å². The molecule has 0 saturated carbocycles. The molecule has 2 rings (SSSR count). The molecule has 138 valence electrons. The van der Waals surface area contributed by atoms with Crippen molar-refractivity contribution in [2.75, 3.05) is 5.73 Å². The van der Waals surface area contributed by atoms with Crippen LogP contribution < -0.4 is 11.5 Å². The summed E-state index contributed by atoms with van der Waals surface area (Å²) >= 11 is 5.96. The highest BCUT2D eigenvalue weighted by Gasteiger charge is 2.13. The molecule has 0 aliphatic carbocycles. The Morgan fingerprint density at radius 2 is 1.84 bits per heavy atom. The Morgan fingerprint density at radius 1 is 1.24 bits per heavy atom.